The zero-order chi connectivity index (χ0) is 15.8. The molecule has 0 aliphatic heterocycles. The average Bonchev–Trinajstić information content (AvgIpc) is 3.06. The van der Waals surface area contributed by atoms with Crippen molar-refractivity contribution >= 4 is 17.7 Å². The Morgan fingerprint density at radius 2 is 1.95 bits per heavy atom. The van der Waals surface area contributed by atoms with Crippen molar-refractivity contribution in [1.82, 2.24) is 20.1 Å². The van der Waals surface area contributed by atoms with Gasteiger partial charge in [-0.05, 0) is 24.5 Å². The second-order valence-electron chi connectivity index (χ2n) is 5.03. The minimum atomic E-state index is 0.123. The molecule has 0 spiro atoms. The Balaban J connectivity index is 2.13. The van der Waals surface area contributed by atoms with Gasteiger partial charge in [0.2, 0.25) is 0 Å². The van der Waals surface area contributed by atoms with E-state index in [0.29, 0.717) is 5.75 Å². The minimum absolute atomic E-state index is 0.123. The van der Waals surface area contributed by atoms with Crippen LogP contribution in [0.15, 0.2) is 35.7 Å². The summed E-state index contributed by atoms with van der Waals surface area (Å²) in [6.07, 6.45) is 3.44. The van der Waals surface area contributed by atoms with Gasteiger partial charge in [-0.3, -0.25) is 9.89 Å². The lowest BCUT2D eigenvalue weighted by Crippen LogP contribution is -2.33. The van der Waals surface area contributed by atoms with Crippen LogP contribution >= 0.6 is 11.8 Å². The minimum Gasteiger partial charge on any atom is -0.339 e. The molecule has 1 aromatic carbocycles. The van der Waals surface area contributed by atoms with E-state index in [9.17, 15) is 4.79 Å². The predicted molar refractivity (Wildman–Crippen MR) is 88.9 cm³/mol. The maximum atomic E-state index is 12.8. The average molecular weight is 318 g/mol. The van der Waals surface area contributed by atoms with Crippen molar-refractivity contribution in [1.29, 1.82) is 0 Å². The molecule has 0 aliphatic rings. The number of nitrogens with one attached hydrogen (secondary N) is 1. The first-order valence-corrected chi connectivity index (χ1v) is 8.60. The van der Waals surface area contributed by atoms with Crippen LogP contribution in [0.4, 0.5) is 0 Å². The van der Waals surface area contributed by atoms with Gasteiger partial charge in [0.05, 0.1) is 0 Å². The van der Waals surface area contributed by atoms with E-state index in [1.807, 2.05) is 29.2 Å². The summed E-state index contributed by atoms with van der Waals surface area (Å²) in [4.78, 5) is 18.8. The number of benzene rings is 1. The summed E-state index contributed by atoms with van der Waals surface area (Å²) in [5.41, 5.74) is 1.82. The second-order valence-corrected chi connectivity index (χ2v) is 5.99. The molecule has 1 amide bonds. The molecular weight excluding hydrogens is 296 g/mol. The lowest BCUT2D eigenvalue weighted by molar-refractivity contribution is 0.0755. The van der Waals surface area contributed by atoms with Crippen LogP contribution in [0.2, 0.25) is 0 Å². The van der Waals surface area contributed by atoms with E-state index in [0.717, 1.165) is 42.2 Å². The van der Waals surface area contributed by atoms with Gasteiger partial charge in [-0.25, -0.2) is 4.98 Å². The highest BCUT2D eigenvalue weighted by atomic mass is 32.2. The molecule has 2 rings (SSSR count). The summed E-state index contributed by atoms with van der Waals surface area (Å²) in [7, 11) is 0. The lowest BCUT2D eigenvalue weighted by atomic mass is 10.1. The molecule has 1 N–H and O–H groups in total. The van der Waals surface area contributed by atoms with Crippen LogP contribution in [-0.2, 0) is 5.75 Å². The van der Waals surface area contributed by atoms with E-state index in [2.05, 4.69) is 29.0 Å². The molecule has 0 aliphatic carbocycles. The monoisotopic (exact) mass is 318 g/mol. The Hall–Kier alpha value is -1.82. The number of aromatic nitrogens is 3. The maximum Gasteiger partial charge on any atom is 0.254 e. The number of rotatable bonds is 8. The first kappa shape index (κ1) is 16.5. The number of hydrogen-bond donors (Lipinski definition) is 1. The summed E-state index contributed by atoms with van der Waals surface area (Å²) in [5.74, 6) is 0.820. The SMILES string of the molecule is CCCN(CCC)C(=O)c1ccccc1CSc1ncn[nH]1. The summed E-state index contributed by atoms with van der Waals surface area (Å²) >= 11 is 1.55. The third kappa shape index (κ3) is 4.34. The number of nitrogens with zero attached hydrogens (tertiary/aromatic N) is 3. The van der Waals surface area contributed by atoms with Crippen molar-refractivity contribution in [2.24, 2.45) is 0 Å². The van der Waals surface area contributed by atoms with Crippen molar-refractivity contribution in [2.75, 3.05) is 13.1 Å². The highest BCUT2D eigenvalue weighted by Gasteiger charge is 2.17. The van der Waals surface area contributed by atoms with Crippen LogP contribution in [-0.4, -0.2) is 39.1 Å². The van der Waals surface area contributed by atoms with Crippen LogP contribution in [0.5, 0.6) is 0 Å². The Morgan fingerprint density at radius 1 is 1.23 bits per heavy atom. The van der Waals surface area contributed by atoms with Crippen molar-refractivity contribution in [3.63, 3.8) is 0 Å². The van der Waals surface area contributed by atoms with E-state index >= 15 is 0 Å². The van der Waals surface area contributed by atoms with Gasteiger partial charge < -0.3 is 4.90 Å². The molecule has 0 saturated heterocycles. The fourth-order valence-corrected chi connectivity index (χ4v) is 3.07. The largest absolute Gasteiger partial charge is 0.339 e. The van der Waals surface area contributed by atoms with Crippen LogP contribution in [0.25, 0.3) is 0 Å². The van der Waals surface area contributed by atoms with Gasteiger partial charge >= 0.3 is 0 Å². The Kier molecular flexibility index (Phi) is 6.45. The molecule has 22 heavy (non-hydrogen) atoms. The molecule has 0 atom stereocenters. The first-order valence-electron chi connectivity index (χ1n) is 7.61. The van der Waals surface area contributed by atoms with Crippen LogP contribution in [0, 0.1) is 0 Å². The number of H-pyrrole nitrogens is 1. The third-order valence-corrected chi connectivity index (χ3v) is 4.20. The molecule has 1 heterocycles. The van der Waals surface area contributed by atoms with E-state index in [1.54, 1.807) is 11.8 Å². The maximum absolute atomic E-state index is 12.8. The van der Waals surface area contributed by atoms with E-state index < -0.39 is 0 Å². The molecule has 2 aromatic rings. The summed E-state index contributed by atoms with van der Waals surface area (Å²) < 4.78 is 0. The van der Waals surface area contributed by atoms with Gasteiger partial charge in [0.15, 0.2) is 5.16 Å². The zero-order valence-electron chi connectivity index (χ0n) is 13.1. The molecule has 118 valence electrons. The molecule has 5 nitrogen and oxygen atoms in total. The standard InChI is InChI=1S/C16H22N4OS/c1-3-9-20(10-4-2)15(21)14-8-6-5-7-13(14)11-22-16-17-12-18-19-16/h5-8,12H,3-4,9-11H2,1-2H3,(H,17,18,19). The van der Waals surface area contributed by atoms with Crippen molar-refractivity contribution in [3.05, 3.63) is 41.7 Å². The van der Waals surface area contributed by atoms with Crippen LogP contribution in [0.1, 0.15) is 42.6 Å². The van der Waals surface area contributed by atoms with E-state index in [-0.39, 0.29) is 5.91 Å². The van der Waals surface area contributed by atoms with Gasteiger partial charge in [-0.1, -0.05) is 43.8 Å². The second kappa shape index (κ2) is 8.58. The molecule has 0 radical (unpaired) electrons. The fourth-order valence-electron chi connectivity index (χ4n) is 2.29. The molecule has 0 unspecified atom stereocenters. The molecule has 6 heteroatoms. The van der Waals surface area contributed by atoms with Crippen molar-refractivity contribution in [2.45, 2.75) is 37.6 Å². The smallest absolute Gasteiger partial charge is 0.254 e. The van der Waals surface area contributed by atoms with Gasteiger partial charge in [0, 0.05) is 24.4 Å². The first-order chi connectivity index (χ1) is 10.8. The third-order valence-electron chi connectivity index (χ3n) is 3.28. The predicted octanol–water partition coefficient (Wildman–Crippen LogP) is 3.36. The quantitative estimate of drug-likeness (QED) is 0.758. The number of thioether (sulfide) groups is 1. The van der Waals surface area contributed by atoms with Gasteiger partial charge in [0.25, 0.3) is 5.91 Å². The molecule has 0 fully saturated rings. The number of aromatic amines is 1. The number of carbonyl (C=O) groups excluding carboxylic acids is 1. The fraction of sp³-hybridized carbons (Fsp3) is 0.438. The zero-order valence-corrected chi connectivity index (χ0v) is 13.9. The normalized spacial score (nSPS) is 10.6. The topological polar surface area (TPSA) is 61.9 Å². The highest BCUT2D eigenvalue weighted by molar-refractivity contribution is 7.98. The number of hydrogen-bond acceptors (Lipinski definition) is 4. The Labute approximate surface area is 135 Å². The van der Waals surface area contributed by atoms with Gasteiger partial charge in [-0.15, -0.1) is 0 Å². The van der Waals surface area contributed by atoms with Crippen molar-refractivity contribution < 1.29 is 4.79 Å². The number of carbonyl (C=O) groups is 1. The lowest BCUT2D eigenvalue weighted by Gasteiger charge is -2.22. The van der Waals surface area contributed by atoms with Crippen LogP contribution < -0.4 is 0 Å². The Morgan fingerprint density at radius 3 is 2.59 bits per heavy atom. The van der Waals surface area contributed by atoms with E-state index in [1.165, 1.54) is 6.33 Å². The van der Waals surface area contributed by atoms with Gasteiger partial charge in [-0.2, -0.15) is 5.10 Å². The summed E-state index contributed by atoms with van der Waals surface area (Å²) in [5, 5.41) is 7.43. The molecule has 0 bridgehead atoms. The summed E-state index contributed by atoms with van der Waals surface area (Å²) in [6, 6.07) is 7.81. The molecule has 1 aromatic heterocycles. The Bertz CT molecular complexity index is 580. The molecular formula is C16H22N4OS. The summed E-state index contributed by atoms with van der Waals surface area (Å²) in [6.45, 7) is 5.80. The van der Waals surface area contributed by atoms with E-state index in [4.69, 9.17) is 0 Å². The highest BCUT2D eigenvalue weighted by Crippen LogP contribution is 2.22. The van der Waals surface area contributed by atoms with Crippen LogP contribution in [0.3, 0.4) is 0 Å². The molecule has 0 saturated carbocycles. The number of amides is 1. The van der Waals surface area contributed by atoms with Crippen molar-refractivity contribution in [3.8, 4) is 0 Å². The van der Waals surface area contributed by atoms with Gasteiger partial charge in [0.1, 0.15) is 6.33 Å².